The van der Waals surface area contributed by atoms with Crippen molar-refractivity contribution in [3.63, 3.8) is 0 Å². The molecule has 18 heavy (non-hydrogen) atoms. The molecule has 1 aliphatic heterocycles. The maximum Gasteiger partial charge on any atom is 0.307 e. The van der Waals surface area contributed by atoms with Crippen molar-refractivity contribution < 1.29 is 9.53 Å². The Morgan fingerprint density at radius 2 is 1.78 bits per heavy atom. The molecule has 1 heterocycles. The van der Waals surface area contributed by atoms with Crippen molar-refractivity contribution >= 4 is 5.97 Å². The zero-order valence-corrected chi connectivity index (χ0v) is 12.5. The summed E-state index contributed by atoms with van der Waals surface area (Å²) in [6.45, 7) is 11.4. The molecule has 0 aliphatic carbocycles. The number of nitrogens with zero attached hydrogens (tertiary/aromatic N) is 1. The van der Waals surface area contributed by atoms with Gasteiger partial charge in [0.15, 0.2) is 0 Å². The number of rotatable bonds is 6. The first kappa shape index (κ1) is 15.5. The Morgan fingerprint density at radius 3 is 2.22 bits per heavy atom. The van der Waals surface area contributed by atoms with Crippen LogP contribution in [0, 0.1) is 5.41 Å². The van der Waals surface area contributed by atoms with Gasteiger partial charge >= 0.3 is 5.97 Å². The van der Waals surface area contributed by atoms with Crippen LogP contribution in [0.1, 0.15) is 59.8 Å². The fraction of sp³-hybridized carbons (Fsp3) is 0.933. The molecule has 1 aliphatic rings. The molecule has 0 aromatic heterocycles. The van der Waals surface area contributed by atoms with Gasteiger partial charge in [-0.2, -0.15) is 0 Å². The van der Waals surface area contributed by atoms with E-state index in [1.807, 2.05) is 6.92 Å². The zero-order chi connectivity index (χ0) is 13.6. The third-order valence-electron chi connectivity index (χ3n) is 4.75. The van der Waals surface area contributed by atoms with E-state index in [4.69, 9.17) is 4.74 Å². The fourth-order valence-corrected chi connectivity index (χ4v) is 2.99. The monoisotopic (exact) mass is 255 g/mol. The summed E-state index contributed by atoms with van der Waals surface area (Å²) >= 11 is 0. The van der Waals surface area contributed by atoms with E-state index >= 15 is 0 Å². The van der Waals surface area contributed by atoms with E-state index in [1.165, 1.54) is 25.7 Å². The molecule has 3 heteroatoms. The lowest BCUT2D eigenvalue weighted by atomic mass is 9.74. The van der Waals surface area contributed by atoms with Gasteiger partial charge in [-0.05, 0) is 45.2 Å². The second kappa shape index (κ2) is 7.13. The zero-order valence-electron chi connectivity index (χ0n) is 12.5. The molecular formula is C15H29NO2. The van der Waals surface area contributed by atoms with Gasteiger partial charge in [0.25, 0.3) is 0 Å². The number of hydrogen-bond donors (Lipinski definition) is 0. The van der Waals surface area contributed by atoms with Gasteiger partial charge in [0.05, 0.1) is 13.0 Å². The molecule has 0 N–H and O–H groups in total. The number of likely N-dealkylation sites (tertiary alicyclic amines) is 1. The number of ether oxygens (including phenoxy) is 1. The minimum Gasteiger partial charge on any atom is -0.466 e. The van der Waals surface area contributed by atoms with Crippen LogP contribution in [0.2, 0.25) is 0 Å². The molecule has 0 saturated carbocycles. The molecule has 0 bridgehead atoms. The van der Waals surface area contributed by atoms with E-state index in [2.05, 4.69) is 25.7 Å². The van der Waals surface area contributed by atoms with Crippen LogP contribution in [0.15, 0.2) is 0 Å². The van der Waals surface area contributed by atoms with E-state index in [0.29, 0.717) is 24.5 Å². The highest BCUT2D eigenvalue weighted by molar-refractivity contribution is 5.70. The van der Waals surface area contributed by atoms with Gasteiger partial charge in [-0.15, -0.1) is 0 Å². The van der Waals surface area contributed by atoms with Gasteiger partial charge in [0, 0.05) is 6.04 Å². The minimum absolute atomic E-state index is 0.0622. The van der Waals surface area contributed by atoms with Crippen molar-refractivity contribution in [2.45, 2.75) is 65.8 Å². The number of esters is 1. The van der Waals surface area contributed by atoms with Crippen LogP contribution in [-0.4, -0.2) is 36.6 Å². The lowest BCUT2D eigenvalue weighted by molar-refractivity contribution is -0.144. The Hall–Kier alpha value is -0.570. The predicted molar refractivity (Wildman–Crippen MR) is 74.5 cm³/mol. The summed E-state index contributed by atoms with van der Waals surface area (Å²) in [5.41, 5.74) is 0.556. The number of piperidine rings is 1. The standard InChI is InChI=1S/C15H29NO2/c1-5-15(6-2)8-10-16(11-9-15)13(4)12-14(17)18-7-3/h13H,5-12H2,1-4H3. The molecule has 1 unspecified atom stereocenters. The first-order chi connectivity index (χ1) is 8.56. The molecule has 1 saturated heterocycles. The van der Waals surface area contributed by atoms with E-state index < -0.39 is 0 Å². The van der Waals surface area contributed by atoms with Crippen LogP contribution in [0.4, 0.5) is 0 Å². The van der Waals surface area contributed by atoms with Crippen LogP contribution >= 0.6 is 0 Å². The molecule has 1 fully saturated rings. The summed E-state index contributed by atoms with van der Waals surface area (Å²) < 4.78 is 5.02. The Labute approximate surface area is 112 Å². The summed E-state index contributed by atoms with van der Waals surface area (Å²) in [5, 5.41) is 0. The number of carbonyl (C=O) groups is 1. The lowest BCUT2D eigenvalue weighted by Gasteiger charge is -2.43. The van der Waals surface area contributed by atoms with Gasteiger partial charge in [0.1, 0.15) is 0 Å². The third-order valence-corrected chi connectivity index (χ3v) is 4.75. The van der Waals surface area contributed by atoms with Gasteiger partial charge in [-0.3, -0.25) is 4.79 Å². The fourth-order valence-electron chi connectivity index (χ4n) is 2.99. The van der Waals surface area contributed by atoms with E-state index in [9.17, 15) is 4.79 Å². The lowest BCUT2D eigenvalue weighted by Crippen LogP contribution is -2.44. The molecule has 0 spiro atoms. The van der Waals surface area contributed by atoms with Crippen molar-refractivity contribution in [2.24, 2.45) is 5.41 Å². The van der Waals surface area contributed by atoms with E-state index in [1.54, 1.807) is 0 Å². The molecule has 1 atom stereocenters. The quantitative estimate of drug-likeness (QED) is 0.682. The molecule has 0 aromatic rings. The highest BCUT2D eigenvalue weighted by Gasteiger charge is 2.33. The Morgan fingerprint density at radius 1 is 1.22 bits per heavy atom. The highest BCUT2D eigenvalue weighted by Crippen LogP contribution is 2.38. The molecule has 106 valence electrons. The normalized spacial score (nSPS) is 21.6. The molecule has 1 rings (SSSR count). The summed E-state index contributed by atoms with van der Waals surface area (Å²) in [6, 6.07) is 0.316. The largest absolute Gasteiger partial charge is 0.466 e. The highest BCUT2D eigenvalue weighted by atomic mass is 16.5. The average molecular weight is 255 g/mol. The summed E-state index contributed by atoms with van der Waals surface area (Å²) in [7, 11) is 0. The van der Waals surface area contributed by atoms with Crippen LogP contribution in [0.25, 0.3) is 0 Å². The van der Waals surface area contributed by atoms with Gasteiger partial charge in [0.2, 0.25) is 0 Å². The topological polar surface area (TPSA) is 29.5 Å². The van der Waals surface area contributed by atoms with Crippen LogP contribution < -0.4 is 0 Å². The van der Waals surface area contributed by atoms with Crippen LogP contribution in [-0.2, 0) is 9.53 Å². The summed E-state index contributed by atoms with van der Waals surface area (Å²) in [4.78, 5) is 13.9. The smallest absolute Gasteiger partial charge is 0.307 e. The van der Waals surface area contributed by atoms with Crippen LogP contribution in [0.5, 0.6) is 0 Å². The Bertz CT molecular complexity index is 251. The second-order valence-electron chi connectivity index (χ2n) is 5.60. The maximum atomic E-state index is 11.5. The first-order valence-corrected chi connectivity index (χ1v) is 7.46. The minimum atomic E-state index is -0.0622. The van der Waals surface area contributed by atoms with Crippen molar-refractivity contribution in [2.75, 3.05) is 19.7 Å². The van der Waals surface area contributed by atoms with Gasteiger partial charge < -0.3 is 9.64 Å². The maximum absolute atomic E-state index is 11.5. The SMILES string of the molecule is CCOC(=O)CC(C)N1CCC(CC)(CC)CC1. The molecule has 0 radical (unpaired) electrons. The van der Waals surface area contributed by atoms with Gasteiger partial charge in [-0.25, -0.2) is 0 Å². The van der Waals surface area contributed by atoms with Gasteiger partial charge in [-0.1, -0.05) is 26.7 Å². The average Bonchev–Trinajstić information content (AvgIpc) is 2.39. The first-order valence-electron chi connectivity index (χ1n) is 7.46. The molecule has 0 amide bonds. The van der Waals surface area contributed by atoms with Crippen LogP contribution in [0.3, 0.4) is 0 Å². The Balaban J connectivity index is 2.40. The summed E-state index contributed by atoms with van der Waals surface area (Å²) in [6.07, 6.45) is 5.63. The number of hydrogen-bond acceptors (Lipinski definition) is 3. The van der Waals surface area contributed by atoms with Crippen molar-refractivity contribution in [1.29, 1.82) is 0 Å². The van der Waals surface area contributed by atoms with Crippen molar-refractivity contribution in [1.82, 2.24) is 4.90 Å². The van der Waals surface area contributed by atoms with Crippen molar-refractivity contribution in [3.05, 3.63) is 0 Å². The number of carbonyl (C=O) groups excluding carboxylic acids is 1. The third kappa shape index (κ3) is 3.98. The second-order valence-corrected chi connectivity index (χ2v) is 5.60. The Kier molecular flexibility index (Phi) is 6.13. The van der Waals surface area contributed by atoms with Crippen molar-refractivity contribution in [3.8, 4) is 0 Å². The molecule has 3 nitrogen and oxygen atoms in total. The predicted octanol–water partition coefficient (Wildman–Crippen LogP) is 3.23. The molecule has 0 aromatic carbocycles. The molecular weight excluding hydrogens is 226 g/mol. The van der Waals surface area contributed by atoms with E-state index in [0.717, 1.165) is 13.1 Å². The van der Waals surface area contributed by atoms with E-state index in [-0.39, 0.29) is 5.97 Å². The summed E-state index contributed by atoms with van der Waals surface area (Å²) in [5.74, 6) is -0.0622.